The van der Waals surface area contributed by atoms with Gasteiger partial charge >= 0.3 is 0 Å². The summed E-state index contributed by atoms with van der Waals surface area (Å²) in [6.45, 7) is 2.88. The molecule has 3 rings (SSSR count). The molecule has 0 aliphatic carbocycles. The first-order valence-electron chi connectivity index (χ1n) is 6.59. The van der Waals surface area contributed by atoms with Gasteiger partial charge in [-0.3, -0.25) is 9.67 Å². The maximum absolute atomic E-state index is 4.70. The Morgan fingerprint density at radius 3 is 2.70 bits per heavy atom. The molecule has 2 heterocycles. The van der Waals surface area contributed by atoms with Crippen LogP contribution >= 0.6 is 0 Å². The number of nitrogens with one attached hydrogen (secondary N) is 1. The van der Waals surface area contributed by atoms with Gasteiger partial charge in [0.2, 0.25) is 0 Å². The van der Waals surface area contributed by atoms with Crippen molar-refractivity contribution in [1.29, 1.82) is 0 Å². The molecule has 6 heteroatoms. The van der Waals surface area contributed by atoms with Crippen molar-refractivity contribution in [3.8, 4) is 0 Å². The zero-order chi connectivity index (χ0) is 13.9. The van der Waals surface area contributed by atoms with Gasteiger partial charge in [-0.25, -0.2) is 4.98 Å². The lowest BCUT2D eigenvalue weighted by atomic mass is 10.1. The fourth-order valence-electron chi connectivity index (χ4n) is 2.23. The van der Waals surface area contributed by atoms with Crippen LogP contribution in [-0.2, 0) is 7.05 Å². The number of benzene rings is 1. The van der Waals surface area contributed by atoms with Crippen molar-refractivity contribution in [1.82, 2.24) is 30.3 Å². The second-order valence-electron chi connectivity index (χ2n) is 4.56. The molecule has 1 atom stereocenters. The summed E-state index contributed by atoms with van der Waals surface area (Å²) in [7, 11) is 1.88. The summed E-state index contributed by atoms with van der Waals surface area (Å²) < 4.78 is 1.75. The summed E-state index contributed by atoms with van der Waals surface area (Å²) in [5, 5.41) is 11.3. The summed E-state index contributed by atoms with van der Waals surface area (Å²) in [5.41, 5.74) is 3.63. The number of aromatic nitrogens is 5. The van der Waals surface area contributed by atoms with Gasteiger partial charge in [-0.1, -0.05) is 24.3 Å². The number of hydrogen-bond acceptors (Lipinski definition) is 5. The van der Waals surface area contributed by atoms with Gasteiger partial charge in [-0.15, -0.1) is 5.10 Å². The van der Waals surface area contributed by atoms with Gasteiger partial charge in [-0.05, 0) is 18.7 Å². The lowest BCUT2D eigenvalue weighted by Gasteiger charge is -2.17. The van der Waals surface area contributed by atoms with Crippen LogP contribution in [0, 0.1) is 0 Å². The number of hydrogen-bond donors (Lipinski definition) is 1. The van der Waals surface area contributed by atoms with E-state index in [-0.39, 0.29) is 6.04 Å². The predicted molar refractivity (Wildman–Crippen MR) is 76.1 cm³/mol. The minimum atomic E-state index is -0.0582. The largest absolute Gasteiger partial charge is 0.304 e. The average Bonchev–Trinajstić information content (AvgIpc) is 2.90. The second kappa shape index (κ2) is 5.34. The Kier molecular flexibility index (Phi) is 3.39. The summed E-state index contributed by atoms with van der Waals surface area (Å²) >= 11 is 0. The van der Waals surface area contributed by atoms with Gasteiger partial charge in [-0.2, -0.15) is 0 Å². The Morgan fingerprint density at radius 1 is 1.20 bits per heavy atom. The maximum atomic E-state index is 4.70. The first-order valence-corrected chi connectivity index (χ1v) is 6.59. The minimum absolute atomic E-state index is 0.0582. The smallest absolute Gasteiger partial charge is 0.0954 e. The summed E-state index contributed by atoms with van der Waals surface area (Å²) in [4.78, 5) is 9.17. The normalized spacial score (nSPS) is 12.7. The monoisotopic (exact) mass is 268 g/mol. The quantitative estimate of drug-likeness (QED) is 0.775. The third-order valence-corrected chi connectivity index (χ3v) is 3.22. The standard InChI is InChI=1S/C14H16N6/c1-3-15-14(13-9-17-19-20(13)2)12-8-16-10-6-4-5-7-11(10)18-12/h4-9,14-15H,3H2,1-2H3. The van der Waals surface area contributed by atoms with E-state index in [1.54, 1.807) is 10.9 Å². The number of fused-ring (bicyclic) bond motifs is 1. The first-order chi connectivity index (χ1) is 9.79. The highest BCUT2D eigenvalue weighted by Gasteiger charge is 2.19. The van der Waals surface area contributed by atoms with Crippen molar-refractivity contribution in [2.75, 3.05) is 6.54 Å². The number of para-hydroxylation sites is 2. The number of rotatable bonds is 4. The number of aryl methyl sites for hydroxylation is 1. The minimum Gasteiger partial charge on any atom is -0.304 e. The van der Waals surface area contributed by atoms with E-state index in [0.717, 1.165) is 29.0 Å². The Morgan fingerprint density at radius 2 is 2.00 bits per heavy atom. The van der Waals surface area contributed by atoms with Crippen LogP contribution in [0.5, 0.6) is 0 Å². The van der Waals surface area contributed by atoms with Gasteiger partial charge in [0.15, 0.2) is 0 Å². The molecule has 1 N–H and O–H groups in total. The fourth-order valence-corrected chi connectivity index (χ4v) is 2.23. The van der Waals surface area contributed by atoms with Crippen LogP contribution < -0.4 is 5.32 Å². The maximum Gasteiger partial charge on any atom is 0.0954 e. The van der Waals surface area contributed by atoms with E-state index in [4.69, 9.17) is 4.98 Å². The third kappa shape index (κ3) is 2.25. The highest BCUT2D eigenvalue weighted by Crippen LogP contribution is 2.20. The molecule has 0 aliphatic rings. The molecule has 0 fully saturated rings. The molecular weight excluding hydrogens is 252 g/mol. The molecule has 0 saturated carbocycles. The van der Waals surface area contributed by atoms with E-state index in [1.807, 2.05) is 37.5 Å². The summed E-state index contributed by atoms with van der Waals surface area (Å²) in [6, 6.07) is 7.80. The molecule has 3 aromatic rings. The third-order valence-electron chi connectivity index (χ3n) is 3.22. The van der Waals surface area contributed by atoms with Crippen molar-refractivity contribution in [3.05, 3.63) is 48.0 Å². The Hall–Kier alpha value is -2.34. The fraction of sp³-hybridized carbons (Fsp3) is 0.286. The molecule has 0 bridgehead atoms. The molecule has 0 amide bonds. The van der Waals surface area contributed by atoms with E-state index in [1.165, 1.54) is 0 Å². The van der Waals surface area contributed by atoms with Crippen molar-refractivity contribution in [3.63, 3.8) is 0 Å². The van der Waals surface area contributed by atoms with Gasteiger partial charge < -0.3 is 5.32 Å². The summed E-state index contributed by atoms with van der Waals surface area (Å²) in [5.74, 6) is 0. The average molecular weight is 268 g/mol. The van der Waals surface area contributed by atoms with Crippen molar-refractivity contribution in [2.45, 2.75) is 13.0 Å². The molecule has 0 aliphatic heterocycles. The zero-order valence-electron chi connectivity index (χ0n) is 11.5. The van der Waals surface area contributed by atoms with Crippen LogP contribution in [-0.4, -0.2) is 31.5 Å². The van der Waals surface area contributed by atoms with Gasteiger partial charge in [0, 0.05) is 7.05 Å². The Labute approximate surface area is 116 Å². The van der Waals surface area contributed by atoms with E-state index in [0.29, 0.717) is 0 Å². The molecule has 0 saturated heterocycles. The molecule has 1 aromatic carbocycles. The SMILES string of the molecule is CCNC(c1cnc2ccccc2n1)c1cnnn1C. The van der Waals surface area contributed by atoms with Crippen molar-refractivity contribution >= 4 is 11.0 Å². The van der Waals surface area contributed by atoms with Crippen LogP contribution in [0.1, 0.15) is 24.4 Å². The number of nitrogens with zero attached hydrogens (tertiary/aromatic N) is 5. The van der Waals surface area contributed by atoms with Crippen molar-refractivity contribution < 1.29 is 0 Å². The molecule has 0 spiro atoms. The molecule has 6 nitrogen and oxygen atoms in total. The Bertz CT molecular complexity index is 720. The van der Waals surface area contributed by atoms with Crippen LogP contribution in [0.2, 0.25) is 0 Å². The van der Waals surface area contributed by atoms with Gasteiger partial charge in [0.1, 0.15) is 0 Å². The van der Waals surface area contributed by atoms with Gasteiger partial charge in [0.25, 0.3) is 0 Å². The van der Waals surface area contributed by atoms with E-state index in [9.17, 15) is 0 Å². The lowest BCUT2D eigenvalue weighted by molar-refractivity contribution is 0.558. The molecular formula is C14H16N6. The lowest BCUT2D eigenvalue weighted by Crippen LogP contribution is -2.25. The molecule has 1 unspecified atom stereocenters. The van der Waals surface area contributed by atoms with Crippen LogP contribution in [0.4, 0.5) is 0 Å². The molecule has 2 aromatic heterocycles. The topological polar surface area (TPSA) is 68.5 Å². The van der Waals surface area contributed by atoms with Crippen LogP contribution in [0.3, 0.4) is 0 Å². The highest BCUT2D eigenvalue weighted by molar-refractivity contribution is 5.73. The van der Waals surface area contributed by atoms with E-state index < -0.39 is 0 Å². The molecule has 102 valence electrons. The van der Waals surface area contributed by atoms with Crippen molar-refractivity contribution in [2.24, 2.45) is 7.05 Å². The van der Waals surface area contributed by atoms with Crippen LogP contribution in [0.15, 0.2) is 36.7 Å². The zero-order valence-corrected chi connectivity index (χ0v) is 11.5. The second-order valence-corrected chi connectivity index (χ2v) is 4.56. The predicted octanol–water partition coefficient (Wildman–Crippen LogP) is 1.46. The van der Waals surface area contributed by atoms with Crippen LogP contribution in [0.25, 0.3) is 11.0 Å². The Balaban J connectivity index is 2.07. The van der Waals surface area contributed by atoms with E-state index in [2.05, 4.69) is 27.5 Å². The first kappa shape index (κ1) is 12.7. The van der Waals surface area contributed by atoms with Gasteiger partial charge in [0.05, 0.1) is 40.9 Å². The molecule has 0 radical (unpaired) electrons. The van der Waals surface area contributed by atoms with E-state index >= 15 is 0 Å². The molecule has 20 heavy (non-hydrogen) atoms. The summed E-state index contributed by atoms with van der Waals surface area (Å²) in [6.07, 6.45) is 3.56. The highest BCUT2D eigenvalue weighted by atomic mass is 15.4.